The van der Waals surface area contributed by atoms with E-state index in [-0.39, 0.29) is 5.92 Å². The van der Waals surface area contributed by atoms with Gasteiger partial charge in [0, 0.05) is 11.5 Å². The molecule has 0 aromatic heterocycles. The molecule has 1 aromatic carbocycles. The molecule has 0 unspecified atom stereocenters. The summed E-state index contributed by atoms with van der Waals surface area (Å²) in [5.74, 6) is 0.562. The van der Waals surface area contributed by atoms with Crippen molar-refractivity contribution in [3.05, 3.63) is 35.4 Å². The Morgan fingerprint density at radius 2 is 1.75 bits per heavy atom. The molecule has 0 bridgehead atoms. The summed E-state index contributed by atoms with van der Waals surface area (Å²) in [6.07, 6.45) is 2.01. The number of ketones is 1. The highest BCUT2D eigenvalue weighted by Crippen LogP contribution is 2.21. The molecular weight excluding hydrogens is 198 g/mol. The summed E-state index contributed by atoms with van der Waals surface area (Å²) < 4.78 is 0. The van der Waals surface area contributed by atoms with Gasteiger partial charge in [-0.3, -0.25) is 4.79 Å². The Morgan fingerprint density at radius 1 is 1.19 bits per heavy atom. The average Bonchev–Trinajstić information content (AvgIpc) is 2.30. The van der Waals surface area contributed by atoms with Crippen molar-refractivity contribution in [3.8, 4) is 0 Å². The van der Waals surface area contributed by atoms with Crippen molar-refractivity contribution in [2.24, 2.45) is 5.92 Å². The largest absolute Gasteiger partial charge is 0.306 e. The molecule has 16 heavy (non-hydrogen) atoms. The smallest absolute Gasteiger partial charge is 0.166 e. The average molecular weight is 217 g/mol. The lowest BCUT2D eigenvalue weighted by molar-refractivity contribution is 0.0857. The van der Waals surface area contributed by atoms with Crippen LogP contribution in [0.4, 0.5) is 0 Å². The van der Waals surface area contributed by atoms with E-state index in [1.807, 2.05) is 31.2 Å². The fourth-order valence-corrected chi connectivity index (χ4v) is 2.22. The van der Waals surface area contributed by atoms with E-state index in [1.165, 1.54) is 5.56 Å². The predicted octanol–water partition coefficient (Wildman–Crippen LogP) is 2.52. The van der Waals surface area contributed by atoms with E-state index in [1.54, 1.807) is 0 Å². The first kappa shape index (κ1) is 11.3. The summed E-state index contributed by atoms with van der Waals surface area (Å²) in [5.41, 5.74) is 2.08. The van der Waals surface area contributed by atoms with E-state index >= 15 is 0 Å². The van der Waals surface area contributed by atoms with Crippen molar-refractivity contribution >= 4 is 5.78 Å². The van der Waals surface area contributed by atoms with Gasteiger partial charge in [0.15, 0.2) is 5.78 Å². The number of rotatable bonds is 2. The van der Waals surface area contributed by atoms with Crippen LogP contribution in [0.25, 0.3) is 0 Å². The molecule has 0 amide bonds. The van der Waals surface area contributed by atoms with Crippen LogP contribution in [0.1, 0.15) is 28.8 Å². The predicted molar refractivity (Wildman–Crippen MR) is 65.7 cm³/mol. The van der Waals surface area contributed by atoms with Gasteiger partial charge in [0.2, 0.25) is 0 Å². The summed E-state index contributed by atoms with van der Waals surface area (Å²) in [7, 11) is 2.12. The van der Waals surface area contributed by atoms with Gasteiger partial charge in [-0.1, -0.05) is 29.8 Å². The standard InChI is InChI=1S/C14H19NO/c1-11-3-5-12(6-4-11)14(16)13-7-9-15(2)10-8-13/h3-6,13H,7-10H2,1-2H3. The SMILES string of the molecule is Cc1ccc(C(=O)C2CCN(C)CC2)cc1. The Kier molecular flexibility index (Phi) is 3.39. The number of piperidine rings is 1. The molecule has 2 rings (SSSR count). The number of nitrogens with zero attached hydrogens (tertiary/aromatic N) is 1. The fraction of sp³-hybridized carbons (Fsp3) is 0.500. The van der Waals surface area contributed by atoms with Gasteiger partial charge in [-0.05, 0) is 39.9 Å². The van der Waals surface area contributed by atoms with Crippen LogP contribution in [0, 0.1) is 12.8 Å². The van der Waals surface area contributed by atoms with Crippen LogP contribution < -0.4 is 0 Å². The van der Waals surface area contributed by atoms with E-state index in [2.05, 4.69) is 11.9 Å². The Hall–Kier alpha value is -1.15. The molecule has 0 spiro atoms. The van der Waals surface area contributed by atoms with Gasteiger partial charge in [-0.15, -0.1) is 0 Å². The molecule has 1 fully saturated rings. The molecule has 2 heteroatoms. The number of hydrogen-bond acceptors (Lipinski definition) is 2. The Labute approximate surface area is 97.3 Å². The van der Waals surface area contributed by atoms with Crippen molar-refractivity contribution in [2.75, 3.05) is 20.1 Å². The normalized spacial score (nSPS) is 18.6. The van der Waals surface area contributed by atoms with Crippen molar-refractivity contribution in [1.29, 1.82) is 0 Å². The quantitative estimate of drug-likeness (QED) is 0.709. The van der Waals surface area contributed by atoms with Crippen molar-refractivity contribution < 1.29 is 4.79 Å². The lowest BCUT2D eigenvalue weighted by atomic mass is 9.89. The van der Waals surface area contributed by atoms with Gasteiger partial charge in [0.05, 0.1) is 0 Å². The van der Waals surface area contributed by atoms with Gasteiger partial charge >= 0.3 is 0 Å². The minimum absolute atomic E-state index is 0.235. The van der Waals surface area contributed by atoms with Crippen LogP contribution in [-0.4, -0.2) is 30.8 Å². The lowest BCUT2D eigenvalue weighted by Crippen LogP contribution is -2.33. The van der Waals surface area contributed by atoms with Crippen LogP contribution in [0.3, 0.4) is 0 Å². The molecule has 0 atom stereocenters. The van der Waals surface area contributed by atoms with E-state index in [0.717, 1.165) is 31.5 Å². The summed E-state index contributed by atoms with van der Waals surface area (Å²) in [5, 5.41) is 0. The fourth-order valence-electron chi connectivity index (χ4n) is 2.22. The maximum absolute atomic E-state index is 12.2. The molecule has 1 aromatic rings. The molecule has 0 aliphatic carbocycles. The lowest BCUT2D eigenvalue weighted by Gasteiger charge is -2.27. The number of benzene rings is 1. The van der Waals surface area contributed by atoms with Crippen molar-refractivity contribution in [2.45, 2.75) is 19.8 Å². The third-order valence-electron chi connectivity index (χ3n) is 3.43. The first-order valence-electron chi connectivity index (χ1n) is 5.96. The maximum atomic E-state index is 12.2. The topological polar surface area (TPSA) is 20.3 Å². The first-order valence-corrected chi connectivity index (χ1v) is 5.96. The third kappa shape index (κ3) is 2.50. The van der Waals surface area contributed by atoms with Gasteiger partial charge < -0.3 is 4.90 Å². The van der Waals surface area contributed by atoms with Crippen LogP contribution in [0.15, 0.2) is 24.3 Å². The summed E-state index contributed by atoms with van der Waals surface area (Å²) >= 11 is 0. The van der Waals surface area contributed by atoms with Crippen LogP contribution in [0.5, 0.6) is 0 Å². The van der Waals surface area contributed by atoms with Gasteiger partial charge in [0.1, 0.15) is 0 Å². The van der Waals surface area contributed by atoms with Gasteiger partial charge in [-0.2, -0.15) is 0 Å². The molecule has 0 radical (unpaired) electrons. The Morgan fingerprint density at radius 3 is 2.31 bits per heavy atom. The number of aryl methyl sites for hydroxylation is 1. The van der Waals surface area contributed by atoms with E-state index in [9.17, 15) is 4.79 Å². The zero-order valence-corrected chi connectivity index (χ0v) is 10.1. The van der Waals surface area contributed by atoms with Crippen LogP contribution >= 0.6 is 0 Å². The highest BCUT2D eigenvalue weighted by molar-refractivity contribution is 5.97. The first-order chi connectivity index (χ1) is 7.66. The number of hydrogen-bond donors (Lipinski definition) is 0. The van der Waals surface area contributed by atoms with E-state index in [0.29, 0.717) is 5.78 Å². The Balaban J connectivity index is 2.05. The molecule has 1 heterocycles. The number of likely N-dealkylation sites (tertiary alicyclic amines) is 1. The van der Waals surface area contributed by atoms with Crippen LogP contribution in [-0.2, 0) is 0 Å². The minimum atomic E-state index is 0.235. The number of Topliss-reactive ketones (excluding diaryl/α,β-unsaturated/α-hetero) is 1. The van der Waals surface area contributed by atoms with E-state index in [4.69, 9.17) is 0 Å². The Bertz CT molecular complexity index is 361. The molecule has 1 aliphatic heterocycles. The van der Waals surface area contributed by atoms with Gasteiger partial charge in [-0.25, -0.2) is 0 Å². The highest BCUT2D eigenvalue weighted by Gasteiger charge is 2.23. The van der Waals surface area contributed by atoms with E-state index < -0.39 is 0 Å². The monoisotopic (exact) mass is 217 g/mol. The zero-order valence-electron chi connectivity index (χ0n) is 10.1. The molecule has 2 nitrogen and oxygen atoms in total. The third-order valence-corrected chi connectivity index (χ3v) is 3.43. The summed E-state index contributed by atoms with van der Waals surface area (Å²) in [4.78, 5) is 14.5. The second-order valence-electron chi connectivity index (χ2n) is 4.81. The molecular formula is C14H19NO. The summed E-state index contributed by atoms with van der Waals surface area (Å²) in [6, 6.07) is 7.94. The second kappa shape index (κ2) is 4.79. The molecule has 0 N–H and O–H groups in total. The number of carbonyl (C=O) groups is 1. The van der Waals surface area contributed by atoms with Gasteiger partial charge in [0.25, 0.3) is 0 Å². The molecule has 86 valence electrons. The number of carbonyl (C=O) groups excluding carboxylic acids is 1. The maximum Gasteiger partial charge on any atom is 0.166 e. The highest BCUT2D eigenvalue weighted by atomic mass is 16.1. The molecule has 0 saturated carbocycles. The van der Waals surface area contributed by atoms with Crippen molar-refractivity contribution in [1.82, 2.24) is 4.90 Å². The zero-order chi connectivity index (χ0) is 11.5. The minimum Gasteiger partial charge on any atom is -0.306 e. The van der Waals surface area contributed by atoms with Crippen molar-refractivity contribution in [3.63, 3.8) is 0 Å². The second-order valence-corrected chi connectivity index (χ2v) is 4.81. The summed E-state index contributed by atoms with van der Waals surface area (Å²) in [6.45, 7) is 4.13. The van der Waals surface area contributed by atoms with Crippen LogP contribution in [0.2, 0.25) is 0 Å². The molecule has 1 aliphatic rings. The molecule has 1 saturated heterocycles.